The summed E-state index contributed by atoms with van der Waals surface area (Å²) in [5.41, 5.74) is 14.5. The summed E-state index contributed by atoms with van der Waals surface area (Å²) >= 11 is 0. The molecule has 1 aliphatic carbocycles. The van der Waals surface area contributed by atoms with Crippen LogP contribution in [0, 0.1) is 6.92 Å². The standard InChI is InChI=1S/C43H33N3/c1-28-44-41(29-12-5-4-6-13-29)46-42(45-28)36-19-11-18-34(26-36)32-16-9-14-30(24-32)31-15-10-17-33(25-31)35-22-23-38-37-20-7-8-21-39(37)43(2,3)40(38)27-35/h4-27H,1-3H3. The Morgan fingerprint density at radius 1 is 0.370 bits per heavy atom. The van der Waals surface area contributed by atoms with Gasteiger partial charge in [-0.25, -0.2) is 15.0 Å². The van der Waals surface area contributed by atoms with E-state index in [1.165, 1.54) is 44.5 Å². The maximum Gasteiger partial charge on any atom is 0.163 e. The van der Waals surface area contributed by atoms with Crippen molar-refractivity contribution in [1.29, 1.82) is 0 Å². The number of fused-ring (bicyclic) bond motifs is 3. The number of nitrogens with zero attached hydrogens (tertiary/aromatic N) is 3. The smallest absolute Gasteiger partial charge is 0.163 e. The molecule has 8 rings (SSSR count). The summed E-state index contributed by atoms with van der Waals surface area (Å²) in [5.74, 6) is 2.07. The van der Waals surface area contributed by atoms with Gasteiger partial charge in [-0.1, -0.05) is 135 Å². The molecule has 0 aliphatic heterocycles. The third-order valence-electron chi connectivity index (χ3n) is 9.21. The van der Waals surface area contributed by atoms with Crippen molar-refractivity contribution in [1.82, 2.24) is 15.0 Å². The third-order valence-corrected chi connectivity index (χ3v) is 9.21. The Balaban J connectivity index is 1.12. The Morgan fingerprint density at radius 3 is 1.46 bits per heavy atom. The van der Waals surface area contributed by atoms with Crippen molar-refractivity contribution < 1.29 is 0 Å². The Kier molecular flexibility index (Phi) is 6.69. The van der Waals surface area contributed by atoms with Gasteiger partial charge in [-0.2, -0.15) is 0 Å². The molecule has 3 nitrogen and oxygen atoms in total. The normalized spacial score (nSPS) is 12.8. The van der Waals surface area contributed by atoms with Gasteiger partial charge in [-0.15, -0.1) is 0 Å². The molecule has 1 aliphatic rings. The summed E-state index contributed by atoms with van der Waals surface area (Å²) < 4.78 is 0. The summed E-state index contributed by atoms with van der Waals surface area (Å²) in [6, 6.07) is 52.0. The van der Waals surface area contributed by atoms with Gasteiger partial charge in [0.2, 0.25) is 0 Å². The molecular weight excluding hydrogens is 558 g/mol. The molecule has 220 valence electrons. The van der Waals surface area contributed by atoms with E-state index in [1.54, 1.807) is 0 Å². The molecule has 1 aromatic heterocycles. The van der Waals surface area contributed by atoms with E-state index in [4.69, 9.17) is 4.98 Å². The van der Waals surface area contributed by atoms with Crippen molar-refractivity contribution >= 4 is 0 Å². The van der Waals surface area contributed by atoms with E-state index in [9.17, 15) is 0 Å². The van der Waals surface area contributed by atoms with Gasteiger partial charge in [0.15, 0.2) is 11.6 Å². The van der Waals surface area contributed by atoms with Crippen LogP contribution in [0.4, 0.5) is 0 Å². The number of aryl methyl sites for hydroxylation is 1. The van der Waals surface area contributed by atoms with Gasteiger partial charge in [-0.05, 0) is 86.8 Å². The summed E-state index contributed by atoms with van der Waals surface area (Å²) in [7, 11) is 0. The molecule has 7 aromatic rings. The number of hydrogen-bond donors (Lipinski definition) is 0. The molecule has 0 radical (unpaired) electrons. The zero-order valence-corrected chi connectivity index (χ0v) is 26.2. The first-order chi connectivity index (χ1) is 22.4. The van der Waals surface area contributed by atoms with Gasteiger partial charge in [0, 0.05) is 16.5 Å². The Morgan fingerprint density at radius 2 is 0.826 bits per heavy atom. The molecule has 0 atom stereocenters. The largest absolute Gasteiger partial charge is 0.213 e. The second-order valence-electron chi connectivity index (χ2n) is 12.6. The van der Waals surface area contributed by atoms with Crippen molar-refractivity contribution in [3.8, 4) is 67.3 Å². The number of hydrogen-bond acceptors (Lipinski definition) is 3. The van der Waals surface area contributed by atoms with E-state index in [-0.39, 0.29) is 5.41 Å². The molecule has 3 heteroatoms. The molecule has 0 N–H and O–H groups in total. The van der Waals surface area contributed by atoms with Crippen LogP contribution in [-0.2, 0) is 5.41 Å². The van der Waals surface area contributed by atoms with Gasteiger partial charge in [0.25, 0.3) is 0 Å². The highest BCUT2D eigenvalue weighted by atomic mass is 15.0. The minimum absolute atomic E-state index is 0.0223. The topological polar surface area (TPSA) is 38.7 Å². The SMILES string of the molecule is Cc1nc(-c2ccccc2)nc(-c2cccc(-c3cccc(-c4cccc(-c5ccc6c(c5)C(C)(C)c5ccccc5-6)c4)c3)c2)n1. The molecular formula is C43H33N3. The highest BCUT2D eigenvalue weighted by molar-refractivity contribution is 5.84. The van der Waals surface area contributed by atoms with Crippen LogP contribution in [0.2, 0.25) is 0 Å². The highest BCUT2D eigenvalue weighted by Gasteiger charge is 2.35. The van der Waals surface area contributed by atoms with Crippen LogP contribution in [-0.4, -0.2) is 15.0 Å². The van der Waals surface area contributed by atoms with Crippen LogP contribution in [0.5, 0.6) is 0 Å². The lowest BCUT2D eigenvalue weighted by atomic mass is 9.81. The molecule has 0 saturated heterocycles. The first kappa shape index (κ1) is 27.8. The summed E-state index contributed by atoms with van der Waals surface area (Å²) in [6.07, 6.45) is 0. The van der Waals surface area contributed by atoms with Gasteiger partial charge in [-0.3, -0.25) is 0 Å². The zero-order chi connectivity index (χ0) is 31.3. The fourth-order valence-electron chi connectivity index (χ4n) is 6.81. The van der Waals surface area contributed by atoms with E-state index in [1.807, 2.05) is 37.3 Å². The maximum absolute atomic E-state index is 4.83. The monoisotopic (exact) mass is 591 g/mol. The van der Waals surface area contributed by atoms with Crippen LogP contribution in [0.1, 0.15) is 30.8 Å². The van der Waals surface area contributed by atoms with Crippen molar-refractivity contribution in [2.75, 3.05) is 0 Å². The first-order valence-corrected chi connectivity index (χ1v) is 15.8. The van der Waals surface area contributed by atoms with Crippen molar-refractivity contribution in [2.45, 2.75) is 26.2 Å². The lowest BCUT2D eigenvalue weighted by Crippen LogP contribution is -2.14. The number of benzene rings is 6. The van der Waals surface area contributed by atoms with Gasteiger partial charge < -0.3 is 0 Å². The van der Waals surface area contributed by atoms with Crippen LogP contribution >= 0.6 is 0 Å². The summed E-state index contributed by atoms with van der Waals surface area (Å²) in [5, 5.41) is 0. The van der Waals surface area contributed by atoms with Crippen molar-refractivity contribution in [2.24, 2.45) is 0 Å². The second-order valence-corrected chi connectivity index (χ2v) is 12.6. The fraction of sp³-hybridized carbons (Fsp3) is 0.0930. The average molecular weight is 592 g/mol. The summed E-state index contributed by atoms with van der Waals surface area (Å²) in [4.78, 5) is 14.1. The number of rotatable bonds is 5. The minimum Gasteiger partial charge on any atom is -0.213 e. The summed E-state index contributed by atoms with van der Waals surface area (Å²) in [6.45, 7) is 6.59. The third kappa shape index (κ3) is 4.91. The van der Waals surface area contributed by atoms with Crippen LogP contribution < -0.4 is 0 Å². The Labute approximate surface area is 270 Å². The first-order valence-electron chi connectivity index (χ1n) is 15.8. The highest BCUT2D eigenvalue weighted by Crippen LogP contribution is 2.49. The molecule has 46 heavy (non-hydrogen) atoms. The van der Waals surface area contributed by atoms with E-state index in [0.717, 1.165) is 22.3 Å². The van der Waals surface area contributed by atoms with Crippen molar-refractivity contribution in [3.63, 3.8) is 0 Å². The van der Waals surface area contributed by atoms with Gasteiger partial charge >= 0.3 is 0 Å². The molecule has 6 aromatic carbocycles. The number of aromatic nitrogens is 3. The van der Waals surface area contributed by atoms with Crippen LogP contribution in [0.15, 0.2) is 146 Å². The minimum atomic E-state index is -0.0223. The van der Waals surface area contributed by atoms with E-state index in [0.29, 0.717) is 17.5 Å². The quantitative estimate of drug-likeness (QED) is 0.200. The van der Waals surface area contributed by atoms with E-state index < -0.39 is 0 Å². The predicted octanol–water partition coefficient (Wildman–Crippen LogP) is 10.8. The predicted molar refractivity (Wildman–Crippen MR) is 189 cm³/mol. The molecule has 0 bridgehead atoms. The Hall–Kier alpha value is -5.67. The van der Waals surface area contributed by atoms with Crippen LogP contribution in [0.25, 0.3) is 67.3 Å². The average Bonchev–Trinajstić information content (AvgIpc) is 3.34. The molecule has 0 fully saturated rings. The van der Waals surface area contributed by atoms with Gasteiger partial charge in [0.1, 0.15) is 5.82 Å². The zero-order valence-electron chi connectivity index (χ0n) is 26.2. The maximum atomic E-state index is 4.83. The van der Waals surface area contributed by atoms with Gasteiger partial charge in [0.05, 0.1) is 0 Å². The molecule has 0 unspecified atom stereocenters. The van der Waals surface area contributed by atoms with Crippen molar-refractivity contribution in [3.05, 3.63) is 163 Å². The molecule has 1 heterocycles. The molecule has 0 amide bonds. The second kappa shape index (κ2) is 11.0. The molecule has 0 saturated carbocycles. The molecule has 0 spiro atoms. The van der Waals surface area contributed by atoms with Crippen LogP contribution in [0.3, 0.4) is 0 Å². The fourth-order valence-corrected chi connectivity index (χ4v) is 6.81. The van der Waals surface area contributed by atoms with E-state index >= 15 is 0 Å². The Bertz CT molecular complexity index is 2250. The lowest BCUT2D eigenvalue weighted by Gasteiger charge is -2.22. The lowest BCUT2D eigenvalue weighted by molar-refractivity contribution is 0.660. The van der Waals surface area contributed by atoms with E-state index in [2.05, 4.69) is 139 Å².